The van der Waals surface area contributed by atoms with E-state index in [0.29, 0.717) is 17.1 Å². The lowest BCUT2D eigenvalue weighted by Gasteiger charge is -2.06. The maximum atomic E-state index is 12.8. The van der Waals surface area contributed by atoms with E-state index in [9.17, 15) is 4.39 Å². The molecule has 1 aromatic carbocycles. The van der Waals surface area contributed by atoms with Crippen LogP contribution >= 0.6 is 0 Å². The molecule has 0 atom stereocenters. The number of pyridine rings is 1. The summed E-state index contributed by atoms with van der Waals surface area (Å²) in [5, 5.41) is 8.83. The van der Waals surface area contributed by atoms with Gasteiger partial charge in [0.05, 0.1) is 5.56 Å². The molecular formula is C12H7FN2O. The molecule has 2 rings (SSSR count). The van der Waals surface area contributed by atoms with Crippen LogP contribution in [0.2, 0.25) is 0 Å². The Morgan fingerprint density at radius 2 is 2.06 bits per heavy atom. The molecule has 3 nitrogen and oxygen atoms in total. The van der Waals surface area contributed by atoms with Gasteiger partial charge in [-0.25, -0.2) is 4.98 Å². The standard InChI is InChI=1S/C12H7FN2O/c13-12-7-10(5-6-15-12)16-11-4-2-1-3-9(11)8-14/h1-7H. The van der Waals surface area contributed by atoms with Gasteiger partial charge in [0, 0.05) is 12.3 Å². The maximum absolute atomic E-state index is 12.8. The van der Waals surface area contributed by atoms with E-state index in [4.69, 9.17) is 10.00 Å². The summed E-state index contributed by atoms with van der Waals surface area (Å²) in [4.78, 5) is 3.41. The van der Waals surface area contributed by atoms with Crippen molar-refractivity contribution in [3.05, 3.63) is 54.1 Å². The molecule has 1 aromatic heterocycles. The molecule has 4 heteroatoms. The first-order valence-electron chi connectivity index (χ1n) is 4.58. The summed E-state index contributed by atoms with van der Waals surface area (Å²) >= 11 is 0. The number of hydrogen-bond donors (Lipinski definition) is 0. The fraction of sp³-hybridized carbons (Fsp3) is 0. The molecule has 0 N–H and O–H groups in total. The molecule has 0 aliphatic rings. The van der Waals surface area contributed by atoms with Crippen LogP contribution in [0.3, 0.4) is 0 Å². The number of aromatic nitrogens is 1. The molecule has 0 unspecified atom stereocenters. The van der Waals surface area contributed by atoms with Crippen molar-refractivity contribution in [1.29, 1.82) is 5.26 Å². The zero-order chi connectivity index (χ0) is 11.4. The number of para-hydroxylation sites is 1. The Morgan fingerprint density at radius 3 is 2.81 bits per heavy atom. The summed E-state index contributed by atoms with van der Waals surface area (Å²) in [6.07, 6.45) is 1.31. The highest BCUT2D eigenvalue weighted by atomic mass is 19.1. The van der Waals surface area contributed by atoms with E-state index in [2.05, 4.69) is 4.98 Å². The summed E-state index contributed by atoms with van der Waals surface area (Å²) in [5.74, 6) is 0.0951. The first-order chi connectivity index (χ1) is 7.79. The van der Waals surface area contributed by atoms with E-state index in [-0.39, 0.29) is 0 Å². The number of rotatable bonds is 2. The van der Waals surface area contributed by atoms with Gasteiger partial charge in [-0.3, -0.25) is 0 Å². The van der Waals surface area contributed by atoms with Crippen molar-refractivity contribution < 1.29 is 9.13 Å². The van der Waals surface area contributed by atoms with E-state index in [1.165, 1.54) is 12.3 Å². The minimum atomic E-state index is -0.619. The zero-order valence-electron chi connectivity index (χ0n) is 8.22. The molecule has 0 saturated heterocycles. The topological polar surface area (TPSA) is 45.9 Å². The van der Waals surface area contributed by atoms with Crippen LogP contribution in [0, 0.1) is 17.3 Å². The highest BCUT2D eigenvalue weighted by molar-refractivity contribution is 5.44. The lowest BCUT2D eigenvalue weighted by Crippen LogP contribution is -1.89. The van der Waals surface area contributed by atoms with E-state index in [1.807, 2.05) is 6.07 Å². The number of nitriles is 1. The predicted molar refractivity (Wildman–Crippen MR) is 55.4 cm³/mol. The van der Waals surface area contributed by atoms with Gasteiger partial charge in [-0.2, -0.15) is 9.65 Å². The smallest absolute Gasteiger partial charge is 0.216 e. The fourth-order valence-corrected chi connectivity index (χ4v) is 1.22. The molecule has 0 amide bonds. The van der Waals surface area contributed by atoms with Crippen molar-refractivity contribution in [2.75, 3.05) is 0 Å². The minimum absolute atomic E-state index is 0.315. The third kappa shape index (κ3) is 2.15. The van der Waals surface area contributed by atoms with E-state index >= 15 is 0 Å². The van der Waals surface area contributed by atoms with Crippen molar-refractivity contribution >= 4 is 0 Å². The third-order valence-electron chi connectivity index (χ3n) is 1.93. The SMILES string of the molecule is N#Cc1ccccc1Oc1ccnc(F)c1. The quantitative estimate of drug-likeness (QED) is 0.722. The number of ether oxygens (including phenoxy) is 1. The van der Waals surface area contributed by atoms with E-state index in [0.717, 1.165) is 6.07 Å². The lowest BCUT2D eigenvalue weighted by atomic mass is 10.2. The van der Waals surface area contributed by atoms with Gasteiger partial charge in [-0.1, -0.05) is 12.1 Å². The largest absolute Gasteiger partial charge is 0.456 e. The molecular weight excluding hydrogens is 207 g/mol. The molecule has 0 radical (unpaired) electrons. The average Bonchev–Trinajstić information content (AvgIpc) is 2.30. The van der Waals surface area contributed by atoms with Crippen LogP contribution in [0.1, 0.15) is 5.56 Å². The molecule has 16 heavy (non-hydrogen) atoms. The predicted octanol–water partition coefficient (Wildman–Crippen LogP) is 2.88. The fourth-order valence-electron chi connectivity index (χ4n) is 1.22. The Morgan fingerprint density at radius 1 is 1.25 bits per heavy atom. The number of nitrogens with zero attached hydrogens (tertiary/aromatic N) is 2. The Labute approximate surface area is 91.7 Å². The Balaban J connectivity index is 2.31. The van der Waals surface area contributed by atoms with E-state index in [1.54, 1.807) is 24.3 Å². The molecule has 0 fully saturated rings. The summed E-state index contributed by atoms with van der Waals surface area (Å²) in [6, 6.07) is 11.4. The van der Waals surface area contributed by atoms with Gasteiger partial charge in [-0.05, 0) is 18.2 Å². The van der Waals surface area contributed by atoms with Crippen molar-refractivity contribution in [2.45, 2.75) is 0 Å². The van der Waals surface area contributed by atoms with Crippen LogP contribution in [0.4, 0.5) is 4.39 Å². The molecule has 0 aliphatic carbocycles. The van der Waals surface area contributed by atoms with Gasteiger partial charge in [-0.15, -0.1) is 0 Å². The van der Waals surface area contributed by atoms with Gasteiger partial charge < -0.3 is 4.74 Å². The van der Waals surface area contributed by atoms with Crippen molar-refractivity contribution in [3.63, 3.8) is 0 Å². The highest BCUT2D eigenvalue weighted by Gasteiger charge is 2.04. The van der Waals surface area contributed by atoms with Gasteiger partial charge >= 0.3 is 0 Å². The first-order valence-corrected chi connectivity index (χ1v) is 4.58. The zero-order valence-corrected chi connectivity index (χ0v) is 8.22. The van der Waals surface area contributed by atoms with Crippen LogP contribution in [0.15, 0.2) is 42.6 Å². The molecule has 0 bridgehead atoms. The van der Waals surface area contributed by atoms with E-state index < -0.39 is 5.95 Å². The number of hydrogen-bond acceptors (Lipinski definition) is 3. The second-order valence-electron chi connectivity index (χ2n) is 3.02. The van der Waals surface area contributed by atoms with Crippen molar-refractivity contribution in [3.8, 4) is 17.6 Å². The molecule has 0 aliphatic heterocycles. The second kappa shape index (κ2) is 4.41. The lowest BCUT2D eigenvalue weighted by molar-refractivity contribution is 0.470. The van der Waals surface area contributed by atoms with Gasteiger partial charge in [0.2, 0.25) is 5.95 Å². The van der Waals surface area contributed by atoms with Crippen molar-refractivity contribution in [1.82, 2.24) is 4.98 Å². The van der Waals surface area contributed by atoms with Gasteiger partial charge in [0.15, 0.2) is 0 Å². The first kappa shape index (κ1) is 10.1. The van der Waals surface area contributed by atoms with Gasteiger partial charge in [0.1, 0.15) is 17.6 Å². The highest BCUT2D eigenvalue weighted by Crippen LogP contribution is 2.24. The van der Waals surface area contributed by atoms with Crippen LogP contribution in [-0.4, -0.2) is 4.98 Å². The molecule has 2 aromatic rings. The molecule has 0 saturated carbocycles. The normalized spacial score (nSPS) is 9.50. The molecule has 1 heterocycles. The monoisotopic (exact) mass is 214 g/mol. The summed E-state index contributed by atoms with van der Waals surface area (Å²) in [5.41, 5.74) is 0.403. The van der Waals surface area contributed by atoms with Crippen molar-refractivity contribution in [2.24, 2.45) is 0 Å². The van der Waals surface area contributed by atoms with Gasteiger partial charge in [0.25, 0.3) is 0 Å². The Hall–Kier alpha value is -2.41. The number of benzene rings is 1. The Kier molecular flexibility index (Phi) is 2.79. The third-order valence-corrected chi connectivity index (χ3v) is 1.93. The minimum Gasteiger partial charge on any atom is -0.456 e. The average molecular weight is 214 g/mol. The molecule has 78 valence electrons. The summed E-state index contributed by atoms with van der Waals surface area (Å²) < 4.78 is 18.2. The molecule has 0 spiro atoms. The maximum Gasteiger partial charge on any atom is 0.216 e. The number of halogens is 1. The van der Waals surface area contributed by atoms with Crippen LogP contribution in [-0.2, 0) is 0 Å². The second-order valence-corrected chi connectivity index (χ2v) is 3.02. The van der Waals surface area contributed by atoms with Crippen LogP contribution in [0.25, 0.3) is 0 Å². The van der Waals surface area contributed by atoms with Crippen LogP contribution < -0.4 is 4.74 Å². The Bertz CT molecular complexity index is 549. The summed E-state index contributed by atoms with van der Waals surface area (Å²) in [6.45, 7) is 0. The van der Waals surface area contributed by atoms with Crippen LogP contribution in [0.5, 0.6) is 11.5 Å². The summed E-state index contributed by atoms with van der Waals surface area (Å²) in [7, 11) is 0.